The Labute approximate surface area is 395 Å². The summed E-state index contributed by atoms with van der Waals surface area (Å²) in [5.41, 5.74) is 1.31. The quantitative estimate of drug-likeness (QED) is 0.0615. The number of hydrogen-bond acceptors (Lipinski definition) is 17. The molecule has 2 unspecified atom stereocenters. The second-order valence-electron chi connectivity index (χ2n) is 15.1. The smallest absolute Gasteiger partial charge is 0.457 e. The van der Waals surface area contributed by atoms with Crippen molar-refractivity contribution in [2.24, 2.45) is 13.5 Å². The highest BCUT2D eigenvalue weighted by Gasteiger charge is 2.46. The van der Waals surface area contributed by atoms with Crippen LogP contribution in [0, 0.1) is 10.1 Å². The first-order valence-electron chi connectivity index (χ1n) is 21.1. The minimum absolute atomic E-state index is 0.0345. The third kappa shape index (κ3) is 10.5. The van der Waals surface area contributed by atoms with Crippen LogP contribution in [-0.2, 0) is 49.2 Å². The van der Waals surface area contributed by atoms with Gasteiger partial charge in [-0.3, -0.25) is 19.4 Å². The van der Waals surface area contributed by atoms with E-state index in [2.05, 4.69) is 4.72 Å². The summed E-state index contributed by atoms with van der Waals surface area (Å²) < 4.78 is 99.9. The number of esters is 1. The summed E-state index contributed by atoms with van der Waals surface area (Å²) in [4.78, 5) is 23.2. The third-order valence-electron chi connectivity index (χ3n) is 10.6. The van der Waals surface area contributed by atoms with Crippen molar-refractivity contribution in [2.75, 3.05) is 60.0 Å². The molecule has 24 heteroatoms. The molecule has 0 fully saturated rings. The summed E-state index contributed by atoms with van der Waals surface area (Å²) in [6.45, 7) is -2.58. The van der Waals surface area contributed by atoms with E-state index in [1.165, 1.54) is 12.1 Å². The highest BCUT2D eigenvalue weighted by atomic mass is 35.7. The topological polar surface area (TPSA) is 227 Å². The van der Waals surface area contributed by atoms with Crippen molar-refractivity contribution in [1.82, 2.24) is 4.72 Å². The number of hydrogen-bond donors (Lipinski definition) is 1. The average molecular weight is 1030 g/mol. The molecule has 0 aliphatic carbocycles. The fraction of sp³-hybridized carbons (Fsp3) is 0.250. The van der Waals surface area contributed by atoms with Gasteiger partial charge in [0.15, 0.2) is 4.90 Å². The zero-order valence-electron chi connectivity index (χ0n) is 36.1. The Balaban J connectivity index is 1.13. The molecule has 68 heavy (non-hydrogen) atoms. The molecule has 6 aromatic rings. The molecular weight excluding hydrogens is 983 g/mol. The van der Waals surface area contributed by atoms with Gasteiger partial charge >= 0.3 is 28.1 Å². The Kier molecular flexibility index (Phi) is 14.4. The van der Waals surface area contributed by atoms with Gasteiger partial charge in [-0.05, 0) is 75.1 Å². The molecule has 19 nitrogen and oxygen atoms in total. The maximum atomic E-state index is 13.4. The summed E-state index contributed by atoms with van der Waals surface area (Å²) in [6.07, 6.45) is -0.219. The molecule has 6 aromatic carbocycles. The van der Waals surface area contributed by atoms with Crippen molar-refractivity contribution in [3.63, 3.8) is 0 Å². The van der Waals surface area contributed by atoms with Crippen LogP contribution in [0.25, 0.3) is 32.7 Å². The fourth-order valence-corrected chi connectivity index (χ4v) is 19.1. The predicted octanol–water partition coefficient (Wildman–Crippen LogP) is 10.7. The number of carbonyl (C=O) groups is 1. The number of rotatable bonds is 9. The van der Waals surface area contributed by atoms with Gasteiger partial charge in [0.1, 0.15) is 23.3 Å². The Bertz CT molecular complexity index is 3110. The summed E-state index contributed by atoms with van der Waals surface area (Å²) >= 11 is 7.44. The van der Waals surface area contributed by atoms with Crippen molar-refractivity contribution in [2.45, 2.75) is 17.4 Å². The standard InChI is InChI=1S/C44H43ClN5O14P3S/c1-56-44(51)37(46-68(54,55)41-13-7-6-12-38(41)50(52)53)30-31-14-18-34(19-15-31)62-66-47-65(45,60-28-26-58-24-22-57-23-25-59-27-29-61-66)48-67(49-66)63-39-20-16-32-8-2-4-10-35(32)42(39)43-36-11-5-3-9-33(36)17-21-40(43)64-67/h2-21,37,46H,22-30H2,1H3/t37-,65?,66?/m0/s1. The number of ether oxygens (including phenoxy) is 4. The summed E-state index contributed by atoms with van der Waals surface area (Å²) in [7, 11) is -11.6. The highest BCUT2D eigenvalue weighted by Crippen LogP contribution is 2.81. The molecule has 2 bridgehead atoms. The van der Waals surface area contributed by atoms with Gasteiger partial charge in [0.05, 0.1) is 64.9 Å². The van der Waals surface area contributed by atoms with Crippen LogP contribution >= 0.6 is 33.3 Å². The van der Waals surface area contributed by atoms with E-state index in [1.807, 2.05) is 72.8 Å². The largest absolute Gasteiger partial charge is 0.468 e. The lowest BCUT2D eigenvalue weighted by molar-refractivity contribution is -0.387. The van der Waals surface area contributed by atoms with Gasteiger partial charge in [-0.25, -0.2) is 8.42 Å². The molecular formula is C44H43ClN5O14P3S. The van der Waals surface area contributed by atoms with Gasteiger partial charge in [0.25, 0.3) is 5.69 Å². The van der Waals surface area contributed by atoms with E-state index in [-0.39, 0.29) is 45.2 Å². The fourth-order valence-electron chi connectivity index (χ4n) is 7.59. The third-order valence-corrected chi connectivity index (χ3v) is 21.3. The zero-order chi connectivity index (χ0) is 47.4. The van der Waals surface area contributed by atoms with Gasteiger partial charge in [-0.1, -0.05) is 84.9 Å². The van der Waals surface area contributed by atoms with Crippen molar-refractivity contribution >= 4 is 76.6 Å². The van der Waals surface area contributed by atoms with Crippen LogP contribution in [0.2, 0.25) is 0 Å². The first kappa shape index (κ1) is 47.8. The summed E-state index contributed by atoms with van der Waals surface area (Å²) in [5.74, 6) is 0.0775. The van der Waals surface area contributed by atoms with Crippen LogP contribution in [0.1, 0.15) is 5.56 Å². The number of carbonyl (C=O) groups excluding carboxylic acids is 1. The van der Waals surface area contributed by atoms with Gasteiger partial charge < -0.3 is 37.0 Å². The maximum absolute atomic E-state index is 13.4. The van der Waals surface area contributed by atoms with E-state index in [0.29, 0.717) is 36.9 Å². The van der Waals surface area contributed by atoms with Gasteiger partial charge in [0.2, 0.25) is 10.0 Å². The van der Waals surface area contributed by atoms with Crippen molar-refractivity contribution in [3.8, 4) is 28.4 Å². The Morgan fingerprint density at radius 2 is 1.26 bits per heavy atom. The monoisotopic (exact) mass is 1030 g/mol. The number of para-hydroxylation sites is 1. The van der Waals surface area contributed by atoms with Crippen molar-refractivity contribution in [3.05, 3.63) is 137 Å². The minimum atomic E-state index is -4.58. The SMILES string of the molecule is COC(=O)[C@H](Cc1ccc(OP23=NP4(=NP(Cl)(=N2)OCCOCCOCCOCCO3)Oc2ccc3ccccc3c2-c2c(ccc3ccccc23)O4)cc1)NS(=O)(=O)c1ccccc1[N+](=O)[O-]. The van der Waals surface area contributed by atoms with Crippen LogP contribution in [0.4, 0.5) is 5.69 Å². The minimum Gasteiger partial charge on any atom is -0.468 e. The summed E-state index contributed by atoms with van der Waals surface area (Å²) in [5, 5.41) is 15.4. The maximum Gasteiger partial charge on any atom is 0.457 e. The van der Waals surface area contributed by atoms with E-state index >= 15 is 0 Å². The van der Waals surface area contributed by atoms with Crippen LogP contribution < -0.4 is 18.3 Å². The second kappa shape index (κ2) is 20.4. The van der Waals surface area contributed by atoms with E-state index in [4.69, 9.17) is 66.4 Å². The number of nitrogens with one attached hydrogen (secondary N) is 1. The first-order chi connectivity index (χ1) is 32.9. The molecule has 0 aromatic heterocycles. The van der Waals surface area contributed by atoms with E-state index < -0.39 is 59.6 Å². The number of halogens is 1. The summed E-state index contributed by atoms with van der Waals surface area (Å²) in [6, 6.07) is 33.0. The number of methoxy groups -OCH3 is 1. The Hall–Kier alpha value is -5.20. The van der Waals surface area contributed by atoms with Crippen LogP contribution in [-0.4, -0.2) is 85.3 Å². The number of fused-ring (bicyclic) bond motifs is 8. The average Bonchev–Trinajstić information content (AvgIpc) is 3.46. The molecule has 0 saturated heterocycles. The lowest BCUT2D eigenvalue weighted by atomic mass is 9.92. The van der Waals surface area contributed by atoms with Crippen LogP contribution in [0.3, 0.4) is 0 Å². The van der Waals surface area contributed by atoms with E-state index in [9.17, 15) is 23.3 Å². The molecule has 3 aliphatic rings. The molecule has 0 amide bonds. The molecule has 356 valence electrons. The number of nitro benzene ring substituents is 1. The van der Waals surface area contributed by atoms with Gasteiger partial charge in [-0.15, -0.1) is 13.5 Å². The predicted molar refractivity (Wildman–Crippen MR) is 256 cm³/mol. The molecule has 3 aliphatic heterocycles. The lowest BCUT2D eigenvalue weighted by Gasteiger charge is -2.31. The van der Waals surface area contributed by atoms with Gasteiger partial charge in [-0.2, -0.15) is 4.72 Å². The van der Waals surface area contributed by atoms with Crippen LogP contribution in [0.5, 0.6) is 17.2 Å². The number of sulfonamides is 1. The molecule has 0 radical (unpaired) electrons. The Morgan fingerprint density at radius 3 is 1.85 bits per heavy atom. The normalized spacial score (nSPS) is 21.2. The van der Waals surface area contributed by atoms with Crippen LogP contribution in [0.15, 0.2) is 140 Å². The second-order valence-corrected chi connectivity index (χ2v) is 24.2. The molecule has 0 saturated carbocycles. The lowest BCUT2D eigenvalue weighted by Crippen LogP contribution is -2.43. The number of nitrogens with zero attached hydrogens (tertiary/aromatic N) is 4. The highest BCUT2D eigenvalue weighted by molar-refractivity contribution is 7.94. The molecule has 9 rings (SSSR count). The molecule has 1 N–H and O–H groups in total. The first-order valence-corrected chi connectivity index (χ1v) is 28.1. The van der Waals surface area contributed by atoms with Gasteiger partial charge in [0, 0.05) is 17.2 Å². The molecule has 3 atom stereocenters. The Morgan fingerprint density at radius 1 is 0.721 bits per heavy atom. The van der Waals surface area contributed by atoms with E-state index in [1.54, 1.807) is 24.3 Å². The molecule has 3 heterocycles. The zero-order valence-corrected chi connectivity index (χ0v) is 40.4. The molecule has 1 spiro atoms. The number of nitro groups is 1. The van der Waals surface area contributed by atoms with E-state index in [0.717, 1.165) is 51.9 Å². The van der Waals surface area contributed by atoms with Crippen molar-refractivity contribution < 1.29 is 59.7 Å². The van der Waals surface area contributed by atoms with Crippen molar-refractivity contribution in [1.29, 1.82) is 0 Å². The number of benzene rings is 6.